The molecule has 0 bridgehead atoms. The largest absolute Gasteiger partial charge is 0.462 e. The predicted octanol–water partition coefficient (Wildman–Crippen LogP) is 2.94. The second kappa shape index (κ2) is 7.56. The summed E-state index contributed by atoms with van der Waals surface area (Å²) in [6, 6.07) is 0. The van der Waals surface area contributed by atoms with Gasteiger partial charge in [0.15, 0.2) is 6.61 Å². The number of amides is 1. The van der Waals surface area contributed by atoms with E-state index < -0.39 is 11.9 Å². The highest BCUT2D eigenvalue weighted by Gasteiger charge is 2.32. The molecule has 25 heavy (non-hydrogen) atoms. The fraction of sp³-hybridized carbons (Fsp3) is 0.611. The lowest BCUT2D eigenvalue weighted by molar-refractivity contribution is -0.148. The van der Waals surface area contributed by atoms with Crippen molar-refractivity contribution in [1.29, 1.82) is 0 Å². The molecule has 1 amide bonds. The summed E-state index contributed by atoms with van der Waals surface area (Å²) >= 11 is 1.43. The maximum Gasteiger partial charge on any atom is 0.341 e. The Morgan fingerprint density at radius 1 is 1.20 bits per heavy atom. The van der Waals surface area contributed by atoms with Crippen LogP contribution in [0.25, 0.3) is 0 Å². The summed E-state index contributed by atoms with van der Waals surface area (Å²) in [5, 5.41) is 3.24. The number of rotatable bonds is 6. The molecule has 1 N–H and O–H groups in total. The van der Waals surface area contributed by atoms with Gasteiger partial charge in [-0.15, -0.1) is 11.3 Å². The molecule has 1 unspecified atom stereocenters. The van der Waals surface area contributed by atoms with Crippen LogP contribution < -0.4 is 5.32 Å². The zero-order chi connectivity index (χ0) is 18.0. The average molecular weight is 365 g/mol. The van der Waals surface area contributed by atoms with E-state index >= 15 is 0 Å². The molecular weight excluding hydrogens is 342 g/mol. The molecular formula is C18H23NO5S. The van der Waals surface area contributed by atoms with E-state index in [1.807, 2.05) is 0 Å². The minimum atomic E-state index is -0.425. The van der Waals surface area contributed by atoms with E-state index in [0.29, 0.717) is 16.5 Å². The van der Waals surface area contributed by atoms with Gasteiger partial charge in [0.2, 0.25) is 0 Å². The molecule has 2 aliphatic rings. The van der Waals surface area contributed by atoms with Crippen LogP contribution in [0.1, 0.15) is 53.9 Å². The van der Waals surface area contributed by atoms with Crippen molar-refractivity contribution < 1.29 is 23.9 Å². The molecule has 1 aromatic heterocycles. The minimum Gasteiger partial charge on any atom is -0.462 e. The summed E-state index contributed by atoms with van der Waals surface area (Å²) < 4.78 is 10.2. The first-order chi connectivity index (χ1) is 12.0. The van der Waals surface area contributed by atoms with Gasteiger partial charge in [0.25, 0.3) is 5.91 Å². The molecule has 2 aliphatic carbocycles. The van der Waals surface area contributed by atoms with Crippen LogP contribution in [0.4, 0.5) is 5.00 Å². The van der Waals surface area contributed by atoms with E-state index in [0.717, 1.165) is 42.5 Å². The van der Waals surface area contributed by atoms with Crippen molar-refractivity contribution in [3.63, 3.8) is 0 Å². The summed E-state index contributed by atoms with van der Waals surface area (Å²) in [4.78, 5) is 37.2. The summed E-state index contributed by atoms with van der Waals surface area (Å²) in [5.41, 5.74) is 1.46. The molecule has 1 aromatic rings. The van der Waals surface area contributed by atoms with Gasteiger partial charge in [-0.05, 0) is 50.5 Å². The quantitative estimate of drug-likeness (QED) is 0.784. The Hall–Kier alpha value is -1.89. The molecule has 7 heteroatoms. The maximum atomic E-state index is 12.4. The Morgan fingerprint density at radius 2 is 1.96 bits per heavy atom. The van der Waals surface area contributed by atoms with Gasteiger partial charge in [0.05, 0.1) is 18.1 Å². The van der Waals surface area contributed by atoms with Crippen molar-refractivity contribution in [2.45, 2.75) is 46.0 Å². The molecule has 0 saturated heterocycles. The van der Waals surface area contributed by atoms with Crippen molar-refractivity contribution in [1.82, 2.24) is 0 Å². The van der Waals surface area contributed by atoms with Gasteiger partial charge in [-0.2, -0.15) is 0 Å². The predicted molar refractivity (Wildman–Crippen MR) is 93.8 cm³/mol. The number of thiophene rings is 1. The van der Waals surface area contributed by atoms with E-state index in [1.54, 1.807) is 6.92 Å². The highest BCUT2D eigenvalue weighted by atomic mass is 32.1. The molecule has 3 rings (SSSR count). The fourth-order valence-corrected chi connectivity index (χ4v) is 4.41. The van der Waals surface area contributed by atoms with E-state index in [2.05, 4.69) is 12.2 Å². The molecule has 1 saturated carbocycles. The number of carbonyl (C=O) groups is 3. The number of ether oxygens (including phenoxy) is 2. The van der Waals surface area contributed by atoms with Gasteiger partial charge in [0.1, 0.15) is 5.00 Å². The van der Waals surface area contributed by atoms with Crippen molar-refractivity contribution >= 4 is 34.2 Å². The van der Waals surface area contributed by atoms with Crippen LogP contribution in [0.3, 0.4) is 0 Å². The Morgan fingerprint density at radius 3 is 2.64 bits per heavy atom. The minimum absolute atomic E-state index is 0.0431. The van der Waals surface area contributed by atoms with Crippen LogP contribution in [-0.2, 0) is 31.9 Å². The van der Waals surface area contributed by atoms with Crippen molar-refractivity contribution in [2.24, 2.45) is 11.8 Å². The Kier molecular flexibility index (Phi) is 5.42. The van der Waals surface area contributed by atoms with Crippen LogP contribution >= 0.6 is 11.3 Å². The smallest absolute Gasteiger partial charge is 0.341 e. The van der Waals surface area contributed by atoms with Gasteiger partial charge in [-0.25, -0.2) is 4.79 Å². The third-order valence-corrected chi connectivity index (χ3v) is 5.67. The van der Waals surface area contributed by atoms with Crippen LogP contribution in [0.15, 0.2) is 0 Å². The first kappa shape index (κ1) is 17.9. The van der Waals surface area contributed by atoms with Gasteiger partial charge in [-0.3, -0.25) is 9.59 Å². The van der Waals surface area contributed by atoms with Crippen LogP contribution in [-0.4, -0.2) is 31.1 Å². The number of nitrogens with one attached hydrogen (secondary N) is 1. The molecule has 0 spiro atoms. The third kappa shape index (κ3) is 4.21. The Labute approximate surface area is 150 Å². The lowest BCUT2D eigenvalue weighted by atomic mass is 9.88. The molecule has 6 nitrogen and oxygen atoms in total. The summed E-state index contributed by atoms with van der Waals surface area (Å²) in [6.07, 6.45) is 4.40. The van der Waals surface area contributed by atoms with Gasteiger partial charge in [0, 0.05) is 4.88 Å². The first-order valence-corrected chi connectivity index (χ1v) is 9.59. The topological polar surface area (TPSA) is 81.7 Å². The normalized spacial score (nSPS) is 19.0. The SMILES string of the molecule is CCOC(=O)c1c(NC(=O)COC(=O)C2CC2)sc2c1CCC(C)C2. The van der Waals surface area contributed by atoms with Gasteiger partial charge in [-0.1, -0.05) is 6.92 Å². The molecule has 1 atom stereocenters. The summed E-state index contributed by atoms with van der Waals surface area (Å²) in [7, 11) is 0. The number of hydrogen-bond acceptors (Lipinski definition) is 6. The molecule has 0 radical (unpaired) electrons. The number of esters is 2. The number of anilines is 1. The molecule has 1 fully saturated rings. The van der Waals surface area contributed by atoms with E-state index in [-0.39, 0.29) is 25.1 Å². The number of hydrogen-bond donors (Lipinski definition) is 1. The first-order valence-electron chi connectivity index (χ1n) is 8.77. The van der Waals surface area contributed by atoms with Crippen LogP contribution in [0.5, 0.6) is 0 Å². The second-order valence-corrected chi connectivity index (χ2v) is 7.81. The van der Waals surface area contributed by atoms with Gasteiger partial charge >= 0.3 is 11.9 Å². The second-order valence-electron chi connectivity index (χ2n) is 6.71. The van der Waals surface area contributed by atoms with E-state index in [9.17, 15) is 14.4 Å². The molecule has 0 aromatic carbocycles. The molecule has 136 valence electrons. The molecule has 0 aliphatic heterocycles. The maximum absolute atomic E-state index is 12.4. The average Bonchev–Trinajstić information content (AvgIpc) is 3.35. The number of fused-ring (bicyclic) bond motifs is 1. The van der Waals surface area contributed by atoms with Crippen LogP contribution in [0.2, 0.25) is 0 Å². The highest BCUT2D eigenvalue weighted by molar-refractivity contribution is 7.17. The van der Waals surface area contributed by atoms with E-state index in [1.165, 1.54) is 11.3 Å². The van der Waals surface area contributed by atoms with Crippen molar-refractivity contribution in [2.75, 3.05) is 18.5 Å². The lowest BCUT2D eigenvalue weighted by Crippen LogP contribution is -2.22. The highest BCUT2D eigenvalue weighted by Crippen LogP contribution is 2.40. The van der Waals surface area contributed by atoms with E-state index in [4.69, 9.17) is 9.47 Å². The standard InChI is InChI=1S/C18H23NO5S/c1-3-23-18(22)15-12-7-4-10(2)8-13(12)25-16(15)19-14(20)9-24-17(21)11-5-6-11/h10-11H,3-9H2,1-2H3,(H,19,20). The van der Waals surface area contributed by atoms with Crippen molar-refractivity contribution in [3.8, 4) is 0 Å². The fourth-order valence-electron chi connectivity index (χ4n) is 2.99. The lowest BCUT2D eigenvalue weighted by Gasteiger charge is -2.18. The number of carbonyl (C=O) groups excluding carboxylic acids is 3. The summed E-state index contributed by atoms with van der Waals surface area (Å²) in [6.45, 7) is 3.90. The zero-order valence-electron chi connectivity index (χ0n) is 14.6. The molecule has 1 heterocycles. The van der Waals surface area contributed by atoms with Crippen LogP contribution in [0, 0.1) is 11.8 Å². The zero-order valence-corrected chi connectivity index (χ0v) is 15.4. The van der Waals surface area contributed by atoms with Crippen molar-refractivity contribution in [3.05, 3.63) is 16.0 Å². The summed E-state index contributed by atoms with van der Waals surface area (Å²) in [5.74, 6) is -0.631. The third-order valence-electron chi connectivity index (χ3n) is 4.50. The monoisotopic (exact) mass is 365 g/mol. The Bertz CT molecular complexity index is 692. The van der Waals surface area contributed by atoms with Gasteiger partial charge < -0.3 is 14.8 Å². The Balaban J connectivity index is 1.73.